The normalized spacial score (nSPS) is 10.3. The van der Waals surface area contributed by atoms with Crippen molar-refractivity contribution in [1.82, 2.24) is 9.97 Å². The molecule has 7 heteroatoms. The Morgan fingerprint density at radius 1 is 1.26 bits per heavy atom. The molecule has 98 valence electrons. The second-order valence-electron chi connectivity index (χ2n) is 3.70. The Bertz CT molecular complexity index is 649. The van der Waals surface area contributed by atoms with Crippen LogP contribution in [0, 0.1) is 18.6 Å². The van der Waals surface area contributed by atoms with E-state index in [-0.39, 0.29) is 16.5 Å². The third-order valence-corrected chi connectivity index (χ3v) is 2.67. The van der Waals surface area contributed by atoms with E-state index < -0.39 is 23.1 Å². The number of anilines is 1. The third-order valence-electron chi connectivity index (χ3n) is 2.40. The number of halogens is 3. The summed E-state index contributed by atoms with van der Waals surface area (Å²) < 4.78 is 27.3. The topological polar surface area (TPSA) is 54.9 Å². The van der Waals surface area contributed by atoms with Crippen LogP contribution in [-0.4, -0.2) is 15.9 Å². The number of aromatic nitrogens is 2. The van der Waals surface area contributed by atoms with Crippen molar-refractivity contribution in [2.75, 3.05) is 5.32 Å². The second kappa shape index (κ2) is 5.27. The number of hydrogen-bond acceptors (Lipinski definition) is 3. The molecule has 1 heterocycles. The molecular formula is C12H8ClF2N3O. The van der Waals surface area contributed by atoms with E-state index in [0.717, 1.165) is 6.07 Å². The van der Waals surface area contributed by atoms with Gasteiger partial charge in [-0.15, -0.1) is 0 Å². The van der Waals surface area contributed by atoms with Gasteiger partial charge in [0, 0.05) is 12.4 Å². The smallest absolute Gasteiger partial charge is 0.262 e. The van der Waals surface area contributed by atoms with Gasteiger partial charge < -0.3 is 5.32 Å². The van der Waals surface area contributed by atoms with Crippen molar-refractivity contribution in [1.29, 1.82) is 0 Å². The van der Waals surface area contributed by atoms with Crippen LogP contribution < -0.4 is 5.32 Å². The highest BCUT2D eigenvalue weighted by atomic mass is 35.5. The predicted octanol–water partition coefficient (Wildman–Crippen LogP) is 2.97. The van der Waals surface area contributed by atoms with Gasteiger partial charge in [0.2, 0.25) is 0 Å². The molecule has 0 fully saturated rings. The Morgan fingerprint density at radius 3 is 2.63 bits per heavy atom. The number of amides is 1. The van der Waals surface area contributed by atoms with Crippen LogP contribution in [-0.2, 0) is 0 Å². The number of carbonyl (C=O) groups is 1. The minimum absolute atomic E-state index is 0.0607. The first-order chi connectivity index (χ1) is 9.00. The summed E-state index contributed by atoms with van der Waals surface area (Å²) in [5.74, 6) is -2.91. The Morgan fingerprint density at radius 2 is 1.95 bits per heavy atom. The van der Waals surface area contributed by atoms with Gasteiger partial charge in [-0.2, -0.15) is 0 Å². The van der Waals surface area contributed by atoms with Crippen molar-refractivity contribution in [3.63, 3.8) is 0 Å². The van der Waals surface area contributed by atoms with E-state index >= 15 is 0 Å². The first kappa shape index (κ1) is 13.4. The number of hydrogen-bond donors (Lipinski definition) is 1. The molecule has 1 amide bonds. The van der Waals surface area contributed by atoms with Crippen molar-refractivity contribution in [3.05, 3.63) is 52.4 Å². The first-order valence-electron chi connectivity index (χ1n) is 5.23. The van der Waals surface area contributed by atoms with Gasteiger partial charge >= 0.3 is 0 Å². The Labute approximate surface area is 112 Å². The zero-order valence-corrected chi connectivity index (χ0v) is 10.5. The highest BCUT2D eigenvalue weighted by Crippen LogP contribution is 2.20. The van der Waals surface area contributed by atoms with Gasteiger partial charge in [0.1, 0.15) is 17.2 Å². The van der Waals surface area contributed by atoms with Crippen LogP contribution in [0.15, 0.2) is 24.5 Å². The molecule has 1 N–H and O–H groups in total. The minimum atomic E-state index is -0.971. The number of nitrogens with one attached hydrogen (secondary N) is 1. The molecule has 0 radical (unpaired) electrons. The molecular weight excluding hydrogens is 276 g/mol. The minimum Gasteiger partial charge on any atom is -0.304 e. The summed E-state index contributed by atoms with van der Waals surface area (Å²) in [5, 5.41) is 2.15. The van der Waals surface area contributed by atoms with Gasteiger partial charge in [-0.25, -0.2) is 18.7 Å². The Kier molecular flexibility index (Phi) is 3.71. The standard InChI is InChI=1S/C12H8ClF2N3O/c1-6-2-3-7(14)8(9(6)15)12(19)18-11-10(13)16-4-5-17-11/h2-5H,1H3,(H,17,18,19). The molecule has 0 aliphatic rings. The van der Waals surface area contributed by atoms with E-state index in [1.54, 1.807) is 0 Å². The van der Waals surface area contributed by atoms with Crippen molar-refractivity contribution in [2.24, 2.45) is 0 Å². The number of carbonyl (C=O) groups excluding carboxylic acids is 1. The van der Waals surface area contributed by atoms with Gasteiger partial charge in [0.05, 0.1) is 0 Å². The molecule has 1 aromatic heterocycles. The fourth-order valence-electron chi connectivity index (χ4n) is 1.44. The molecule has 2 rings (SSSR count). The molecule has 0 saturated heterocycles. The summed E-state index contributed by atoms with van der Waals surface area (Å²) in [6.45, 7) is 1.43. The zero-order chi connectivity index (χ0) is 14.0. The van der Waals surface area contributed by atoms with Gasteiger partial charge in [-0.3, -0.25) is 4.79 Å². The first-order valence-corrected chi connectivity index (χ1v) is 5.61. The monoisotopic (exact) mass is 283 g/mol. The van der Waals surface area contributed by atoms with Crippen molar-refractivity contribution in [2.45, 2.75) is 6.92 Å². The van der Waals surface area contributed by atoms with Gasteiger partial charge in [-0.1, -0.05) is 17.7 Å². The highest BCUT2D eigenvalue weighted by molar-refractivity contribution is 6.32. The maximum atomic E-state index is 13.7. The lowest BCUT2D eigenvalue weighted by atomic mass is 10.1. The van der Waals surface area contributed by atoms with E-state index in [4.69, 9.17) is 11.6 Å². The fourth-order valence-corrected chi connectivity index (χ4v) is 1.59. The number of aryl methyl sites for hydroxylation is 1. The molecule has 2 aromatic rings. The Hall–Kier alpha value is -2.08. The Balaban J connectivity index is 2.36. The van der Waals surface area contributed by atoms with E-state index in [9.17, 15) is 13.6 Å². The van der Waals surface area contributed by atoms with E-state index in [1.807, 2.05) is 0 Å². The van der Waals surface area contributed by atoms with Crippen LogP contribution in [0.1, 0.15) is 15.9 Å². The molecule has 0 spiro atoms. The van der Waals surface area contributed by atoms with Crippen molar-refractivity contribution < 1.29 is 13.6 Å². The predicted molar refractivity (Wildman–Crippen MR) is 66.1 cm³/mol. The highest BCUT2D eigenvalue weighted by Gasteiger charge is 2.20. The second-order valence-corrected chi connectivity index (χ2v) is 4.06. The molecule has 0 atom stereocenters. The number of benzene rings is 1. The van der Waals surface area contributed by atoms with Crippen molar-refractivity contribution >= 4 is 23.3 Å². The average Bonchev–Trinajstić information content (AvgIpc) is 2.37. The van der Waals surface area contributed by atoms with Crippen LogP contribution in [0.4, 0.5) is 14.6 Å². The van der Waals surface area contributed by atoms with Crippen LogP contribution in [0.3, 0.4) is 0 Å². The zero-order valence-electron chi connectivity index (χ0n) is 9.75. The molecule has 19 heavy (non-hydrogen) atoms. The largest absolute Gasteiger partial charge is 0.304 e. The van der Waals surface area contributed by atoms with Gasteiger partial charge in [0.25, 0.3) is 5.91 Å². The van der Waals surface area contributed by atoms with Gasteiger partial charge in [0.15, 0.2) is 11.0 Å². The van der Waals surface area contributed by atoms with E-state index in [0.29, 0.717) is 0 Å². The van der Waals surface area contributed by atoms with E-state index in [2.05, 4.69) is 15.3 Å². The molecule has 0 aliphatic carbocycles. The van der Waals surface area contributed by atoms with Crippen molar-refractivity contribution in [3.8, 4) is 0 Å². The quantitative estimate of drug-likeness (QED) is 0.922. The maximum Gasteiger partial charge on any atom is 0.262 e. The summed E-state index contributed by atoms with van der Waals surface area (Å²) >= 11 is 5.69. The maximum absolute atomic E-state index is 13.7. The summed E-state index contributed by atoms with van der Waals surface area (Å²) in [5.41, 5.74) is -0.515. The van der Waals surface area contributed by atoms with Crippen LogP contribution in [0.5, 0.6) is 0 Å². The molecule has 0 bridgehead atoms. The SMILES string of the molecule is Cc1ccc(F)c(C(=O)Nc2nccnc2Cl)c1F. The summed E-state index contributed by atoms with van der Waals surface area (Å²) in [6, 6.07) is 2.27. The van der Waals surface area contributed by atoms with Crippen LogP contribution >= 0.6 is 11.6 Å². The fraction of sp³-hybridized carbons (Fsp3) is 0.0833. The lowest BCUT2D eigenvalue weighted by Crippen LogP contribution is -2.17. The molecule has 0 aliphatic heterocycles. The average molecular weight is 284 g/mol. The summed E-state index contributed by atoms with van der Waals surface area (Å²) in [7, 11) is 0. The lowest BCUT2D eigenvalue weighted by Gasteiger charge is -2.08. The lowest BCUT2D eigenvalue weighted by molar-refractivity contribution is 0.101. The summed E-state index contributed by atoms with van der Waals surface area (Å²) in [6.07, 6.45) is 2.62. The van der Waals surface area contributed by atoms with E-state index in [1.165, 1.54) is 25.4 Å². The molecule has 1 aromatic carbocycles. The van der Waals surface area contributed by atoms with Crippen LogP contribution in [0.25, 0.3) is 0 Å². The number of nitrogens with zero attached hydrogens (tertiary/aromatic N) is 2. The number of rotatable bonds is 2. The third kappa shape index (κ3) is 2.68. The summed E-state index contributed by atoms with van der Waals surface area (Å²) in [4.78, 5) is 19.3. The molecule has 4 nitrogen and oxygen atoms in total. The molecule has 0 saturated carbocycles. The van der Waals surface area contributed by atoms with Gasteiger partial charge in [-0.05, 0) is 18.6 Å². The molecule has 0 unspecified atom stereocenters. The van der Waals surface area contributed by atoms with Crippen LogP contribution in [0.2, 0.25) is 5.15 Å².